The van der Waals surface area contributed by atoms with E-state index in [1.54, 1.807) is 12.1 Å². The first kappa shape index (κ1) is 26.7. The maximum absolute atomic E-state index is 13.7. The van der Waals surface area contributed by atoms with Gasteiger partial charge in [-0.05, 0) is 41.8 Å². The molecule has 0 aliphatic carbocycles. The van der Waals surface area contributed by atoms with Crippen molar-refractivity contribution in [2.24, 2.45) is 5.73 Å². The molecule has 2 N–H and O–H groups in total. The van der Waals surface area contributed by atoms with Gasteiger partial charge in [-0.15, -0.1) is 11.8 Å². The third-order valence-corrected chi connectivity index (χ3v) is 8.96. The fourth-order valence-corrected chi connectivity index (χ4v) is 6.40. The van der Waals surface area contributed by atoms with Crippen molar-refractivity contribution >= 4 is 33.8 Å². The van der Waals surface area contributed by atoms with Gasteiger partial charge in [-0.1, -0.05) is 78.4 Å². The van der Waals surface area contributed by atoms with E-state index in [0.717, 1.165) is 23.0 Å². The largest absolute Gasteiger partial charge is 0.448 e. The molecule has 2 aliphatic heterocycles. The summed E-state index contributed by atoms with van der Waals surface area (Å²) in [5, 5.41) is -0.415. The summed E-state index contributed by atoms with van der Waals surface area (Å²) in [4.78, 5) is 27.7. The van der Waals surface area contributed by atoms with Crippen LogP contribution in [0.2, 0.25) is 0 Å². The number of ether oxygens (including phenoxy) is 1. The van der Waals surface area contributed by atoms with E-state index in [1.165, 1.54) is 34.9 Å². The normalized spacial score (nSPS) is 19.2. The lowest BCUT2D eigenvalue weighted by Crippen LogP contribution is -2.68. The van der Waals surface area contributed by atoms with Crippen LogP contribution in [0.4, 0.5) is 0 Å². The summed E-state index contributed by atoms with van der Waals surface area (Å²) in [7, 11) is -4.07. The molecule has 10 heteroatoms. The number of nitrogens with two attached hydrogens (primary N) is 1. The Kier molecular flexibility index (Phi) is 7.60. The van der Waals surface area contributed by atoms with Crippen molar-refractivity contribution in [2.45, 2.75) is 29.3 Å². The number of benzene rings is 3. The summed E-state index contributed by atoms with van der Waals surface area (Å²) >= 11 is 1.38. The molecule has 0 radical (unpaired) electrons. The molecule has 2 unspecified atom stereocenters. The van der Waals surface area contributed by atoms with Crippen LogP contribution in [-0.4, -0.2) is 42.4 Å². The number of rotatable bonds is 8. The Morgan fingerprint density at radius 1 is 1.00 bits per heavy atom. The van der Waals surface area contributed by atoms with Crippen molar-refractivity contribution in [3.63, 3.8) is 0 Å². The van der Waals surface area contributed by atoms with E-state index in [-0.39, 0.29) is 10.6 Å². The Morgan fingerprint density at radius 2 is 1.59 bits per heavy atom. The van der Waals surface area contributed by atoms with E-state index in [4.69, 9.17) is 14.7 Å². The smallest absolute Gasteiger partial charge is 0.356 e. The summed E-state index contributed by atoms with van der Waals surface area (Å²) in [5.74, 6) is -0.827. The highest BCUT2D eigenvalue weighted by molar-refractivity contribution is 8.00. The molecule has 3 aromatic rings. The van der Waals surface area contributed by atoms with Gasteiger partial charge < -0.3 is 14.7 Å². The number of thioether (sulfide) groups is 1. The minimum Gasteiger partial charge on any atom is -0.448 e. The summed E-state index contributed by atoms with van der Waals surface area (Å²) in [6.45, 7) is 1.85. The average molecular weight is 563 g/mol. The standard InChI is InChI=1S/C29H26N2O6S2/c1-19-12-14-23(15-13-19)39(34,35)36-17-16-22-18-38-28-24(30)27(32)31(28)25(22)29(33)37-26(20-8-4-2-5-9-20)21-10-6-3-7-11-21/h2-17,24,26,28H,18,30H2,1H3. The zero-order valence-electron chi connectivity index (χ0n) is 21.0. The maximum Gasteiger partial charge on any atom is 0.356 e. The number of esters is 1. The summed E-state index contributed by atoms with van der Waals surface area (Å²) in [6, 6.07) is 24.1. The molecule has 1 fully saturated rings. The summed E-state index contributed by atoms with van der Waals surface area (Å²) < 4.78 is 36.4. The quantitative estimate of drug-likeness (QED) is 0.189. The molecule has 5 rings (SSSR count). The maximum atomic E-state index is 13.7. The molecular weight excluding hydrogens is 536 g/mol. The van der Waals surface area contributed by atoms with Crippen molar-refractivity contribution in [3.05, 3.63) is 125 Å². The van der Waals surface area contributed by atoms with Gasteiger partial charge in [0.1, 0.15) is 28.3 Å². The average Bonchev–Trinajstić information content (AvgIpc) is 2.96. The molecule has 2 heterocycles. The number of aryl methyl sites for hydroxylation is 1. The molecule has 1 amide bonds. The van der Waals surface area contributed by atoms with Crippen LogP contribution in [0.15, 0.2) is 113 Å². The molecule has 2 atom stereocenters. The van der Waals surface area contributed by atoms with Crippen LogP contribution in [0.1, 0.15) is 22.8 Å². The topological polar surface area (TPSA) is 116 Å². The second kappa shape index (κ2) is 11.1. The van der Waals surface area contributed by atoms with Gasteiger partial charge in [-0.25, -0.2) is 4.79 Å². The Morgan fingerprint density at radius 3 is 2.18 bits per heavy atom. The fourth-order valence-electron chi connectivity index (χ4n) is 4.35. The van der Waals surface area contributed by atoms with Gasteiger partial charge in [0.25, 0.3) is 0 Å². The van der Waals surface area contributed by atoms with Crippen LogP contribution in [0.3, 0.4) is 0 Å². The van der Waals surface area contributed by atoms with Crippen molar-refractivity contribution in [1.82, 2.24) is 4.90 Å². The van der Waals surface area contributed by atoms with Gasteiger partial charge in [0, 0.05) is 5.75 Å². The van der Waals surface area contributed by atoms with E-state index in [2.05, 4.69) is 0 Å². The zero-order valence-corrected chi connectivity index (χ0v) is 22.6. The summed E-state index contributed by atoms with van der Waals surface area (Å²) in [5.41, 5.74) is 8.83. The van der Waals surface area contributed by atoms with E-state index >= 15 is 0 Å². The fraction of sp³-hybridized carbons (Fsp3) is 0.172. The molecule has 39 heavy (non-hydrogen) atoms. The van der Waals surface area contributed by atoms with Crippen LogP contribution < -0.4 is 5.73 Å². The van der Waals surface area contributed by atoms with E-state index < -0.39 is 39.5 Å². The highest BCUT2D eigenvalue weighted by atomic mass is 32.2. The van der Waals surface area contributed by atoms with Crippen molar-refractivity contribution < 1.29 is 26.9 Å². The number of hydrogen-bond donors (Lipinski definition) is 1. The molecule has 0 aromatic heterocycles. The highest BCUT2D eigenvalue weighted by Crippen LogP contribution is 2.41. The minimum atomic E-state index is -4.07. The van der Waals surface area contributed by atoms with Gasteiger partial charge in [0.2, 0.25) is 5.91 Å². The number of fused-ring (bicyclic) bond motifs is 1. The number of amides is 1. The first-order valence-electron chi connectivity index (χ1n) is 12.2. The van der Waals surface area contributed by atoms with E-state index in [0.29, 0.717) is 11.3 Å². The van der Waals surface area contributed by atoms with E-state index in [9.17, 15) is 18.0 Å². The number of hydrogen-bond acceptors (Lipinski definition) is 8. The van der Waals surface area contributed by atoms with Crippen LogP contribution in [0, 0.1) is 6.92 Å². The number of carbonyl (C=O) groups is 2. The second-order valence-electron chi connectivity index (χ2n) is 9.08. The van der Waals surface area contributed by atoms with Gasteiger partial charge in [-0.2, -0.15) is 8.42 Å². The first-order valence-corrected chi connectivity index (χ1v) is 14.6. The van der Waals surface area contributed by atoms with Crippen LogP contribution in [0.25, 0.3) is 0 Å². The van der Waals surface area contributed by atoms with Crippen molar-refractivity contribution in [1.29, 1.82) is 0 Å². The molecule has 1 saturated heterocycles. The molecule has 0 bridgehead atoms. The third-order valence-electron chi connectivity index (χ3n) is 6.42. The van der Waals surface area contributed by atoms with Gasteiger partial charge in [0.15, 0.2) is 6.10 Å². The lowest BCUT2D eigenvalue weighted by Gasteiger charge is -2.48. The lowest BCUT2D eigenvalue weighted by atomic mass is 10.0. The van der Waals surface area contributed by atoms with Crippen LogP contribution in [0.5, 0.6) is 0 Å². The number of β-lactam (4-membered cyclic amide) rings is 1. The number of allylic oxidation sites excluding steroid dienone is 1. The lowest BCUT2D eigenvalue weighted by molar-refractivity contribution is -0.153. The molecule has 200 valence electrons. The van der Waals surface area contributed by atoms with Gasteiger partial charge >= 0.3 is 16.1 Å². The predicted octanol–water partition coefficient (Wildman–Crippen LogP) is 4.04. The zero-order chi connectivity index (χ0) is 27.6. The number of carbonyl (C=O) groups excluding carboxylic acids is 2. The van der Waals surface area contributed by atoms with E-state index in [1.807, 2.05) is 67.6 Å². The highest BCUT2D eigenvalue weighted by Gasteiger charge is 2.52. The van der Waals surface area contributed by atoms with Crippen LogP contribution >= 0.6 is 11.8 Å². The number of nitrogens with zero attached hydrogens (tertiary/aromatic N) is 1. The molecule has 2 aliphatic rings. The second-order valence-corrected chi connectivity index (χ2v) is 11.8. The molecule has 0 spiro atoms. The molecular formula is C29H26N2O6S2. The van der Waals surface area contributed by atoms with Crippen LogP contribution in [-0.2, 0) is 28.6 Å². The minimum absolute atomic E-state index is 0.00176. The molecule has 0 saturated carbocycles. The van der Waals surface area contributed by atoms with Gasteiger partial charge in [0.05, 0.1) is 0 Å². The Bertz CT molecular complexity index is 1500. The molecule has 8 nitrogen and oxygen atoms in total. The predicted molar refractivity (Wildman–Crippen MR) is 148 cm³/mol. The monoisotopic (exact) mass is 562 g/mol. The third kappa shape index (κ3) is 5.49. The first-order chi connectivity index (χ1) is 18.8. The molecule has 3 aromatic carbocycles. The van der Waals surface area contributed by atoms with Crippen molar-refractivity contribution in [2.75, 3.05) is 5.75 Å². The Balaban J connectivity index is 1.46. The van der Waals surface area contributed by atoms with Crippen molar-refractivity contribution in [3.8, 4) is 0 Å². The Labute approximate surface area is 231 Å². The summed E-state index contributed by atoms with van der Waals surface area (Å²) in [6.07, 6.45) is 1.66. The SMILES string of the molecule is Cc1ccc(S(=O)(=O)OC=CC2=C(C(=O)OC(c3ccccc3)c3ccccc3)N3C(=O)C(N)C3SC2)cc1. The Hall–Kier alpha value is -3.86. The van der Waals surface area contributed by atoms with Gasteiger partial charge in [-0.3, -0.25) is 9.69 Å².